The number of nitrogens with zero attached hydrogens (tertiary/aromatic N) is 4. The molecule has 1 amide bonds. The number of carbonyl (C=O) groups is 1. The molecule has 1 saturated carbocycles. The van der Waals surface area contributed by atoms with Crippen LogP contribution in [-0.2, 0) is 0 Å². The molecule has 3 rings (SSSR count). The predicted molar refractivity (Wildman–Crippen MR) is 153 cm³/mol. The Morgan fingerprint density at radius 3 is 2.72 bits per heavy atom. The number of rotatable bonds is 8. The summed E-state index contributed by atoms with van der Waals surface area (Å²) in [6, 6.07) is 6.07. The zero-order chi connectivity index (χ0) is 28.5. The van der Waals surface area contributed by atoms with Gasteiger partial charge in [-0.15, -0.1) is 0 Å². The Kier molecular flexibility index (Phi) is 10.2. The number of likely N-dealkylation sites (N-methyl/N-ethyl adjacent to an activating group) is 1. The van der Waals surface area contributed by atoms with Gasteiger partial charge in [0.15, 0.2) is 5.17 Å². The first-order valence-electron chi connectivity index (χ1n) is 11.8. The SMILES string of the molecule is CN=CC(=CN)CN(C)c1ccc(C(=O)N=C(N)SC(=N)C#CC2CC2)c(-c2cc(C(F)F)ncc2OC)c1. The van der Waals surface area contributed by atoms with Crippen molar-refractivity contribution in [2.75, 3.05) is 32.6 Å². The Hall–Kier alpha value is -4.24. The maximum atomic E-state index is 13.5. The lowest BCUT2D eigenvalue weighted by Gasteiger charge is -2.22. The summed E-state index contributed by atoms with van der Waals surface area (Å²) in [6.07, 6.45) is 3.44. The molecule has 204 valence electrons. The number of ether oxygens (including phenoxy) is 1. The van der Waals surface area contributed by atoms with E-state index >= 15 is 0 Å². The second kappa shape index (κ2) is 13.5. The quantitative estimate of drug-likeness (QED) is 0.252. The topological polar surface area (TPSA) is 143 Å². The van der Waals surface area contributed by atoms with Gasteiger partial charge in [0.2, 0.25) is 0 Å². The van der Waals surface area contributed by atoms with Crippen LogP contribution in [0.1, 0.15) is 35.3 Å². The number of amidine groups is 1. The molecule has 1 aromatic heterocycles. The maximum Gasteiger partial charge on any atom is 0.280 e. The fraction of sp³-hybridized carbons (Fsp3) is 0.296. The van der Waals surface area contributed by atoms with Crippen LogP contribution in [-0.4, -0.2) is 55.1 Å². The minimum Gasteiger partial charge on any atom is -0.494 e. The number of halogens is 2. The number of methoxy groups -OCH3 is 1. The summed E-state index contributed by atoms with van der Waals surface area (Å²) in [5.41, 5.74) is 13.2. The zero-order valence-corrected chi connectivity index (χ0v) is 22.6. The molecule has 1 aliphatic carbocycles. The van der Waals surface area contributed by atoms with E-state index in [0.717, 1.165) is 30.2 Å². The molecule has 9 nitrogen and oxygen atoms in total. The number of aliphatic imine (C=N–C) groups is 2. The first-order valence-corrected chi connectivity index (χ1v) is 12.6. The maximum absolute atomic E-state index is 13.5. The number of thioether (sulfide) groups is 1. The smallest absolute Gasteiger partial charge is 0.280 e. The Labute approximate surface area is 229 Å². The number of pyridine rings is 1. The number of aromatic nitrogens is 1. The van der Waals surface area contributed by atoms with E-state index in [2.05, 4.69) is 26.8 Å². The van der Waals surface area contributed by atoms with Crippen LogP contribution < -0.4 is 21.1 Å². The minimum absolute atomic E-state index is 0.0232. The van der Waals surface area contributed by atoms with Crippen molar-refractivity contribution >= 4 is 39.8 Å². The van der Waals surface area contributed by atoms with E-state index in [1.807, 2.05) is 11.9 Å². The van der Waals surface area contributed by atoms with Gasteiger partial charge < -0.3 is 21.1 Å². The summed E-state index contributed by atoms with van der Waals surface area (Å²) in [5, 5.41) is 7.77. The number of amides is 1. The van der Waals surface area contributed by atoms with E-state index in [1.165, 1.54) is 31.6 Å². The molecule has 39 heavy (non-hydrogen) atoms. The highest BCUT2D eigenvalue weighted by Gasteiger charge is 2.21. The predicted octanol–water partition coefficient (Wildman–Crippen LogP) is 4.25. The molecule has 2 aromatic rings. The van der Waals surface area contributed by atoms with E-state index in [0.29, 0.717) is 18.2 Å². The highest BCUT2D eigenvalue weighted by Crippen LogP contribution is 2.37. The van der Waals surface area contributed by atoms with Crippen LogP contribution in [0.4, 0.5) is 14.5 Å². The van der Waals surface area contributed by atoms with Crippen molar-refractivity contribution in [2.45, 2.75) is 19.3 Å². The van der Waals surface area contributed by atoms with Gasteiger partial charge >= 0.3 is 0 Å². The number of alkyl halides is 2. The van der Waals surface area contributed by atoms with Gasteiger partial charge in [0.1, 0.15) is 16.5 Å². The fourth-order valence-corrected chi connectivity index (χ4v) is 3.95. The standard InChI is InChI=1S/C27H29F2N7O2S/c1-33-13-17(12-30)15-36(2)18-7-8-19(26(37)35-27(32)39-24(31)9-6-16-4-5-16)20(10-18)21-11-22(25(28)29)34-14-23(21)38-3/h7-8,10-14,16,25,31H,4-5,15,30H2,1-3H3,(H2,32,35,37). The molecule has 1 aromatic carbocycles. The lowest BCUT2D eigenvalue weighted by Crippen LogP contribution is -2.21. The van der Waals surface area contributed by atoms with Crippen molar-refractivity contribution in [2.24, 2.45) is 27.4 Å². The molecular formula is C27H29F2N7O2S. The van der Waals surface area contributed by atoms with Gasteiger partial charge in [0, 0.05) is 66.9 Å². The summed E-state index contributed by atoms with van der Waals surface area (Å²) < 4.78 is 32.5. The molecule has 1 fully saturated rings. The second-order valence-electron chi connectivity index (χ2n) is 8.55. The van der Waals surface area contributed by atoms with Crippen LogP contribution in [0.15, 0.2) is 52.2 Å². The summed E-state index contributed by atoms with van der Waals surface area (Å²) in [7, 11) is 4.82. The third-order valence-corrected chi connectivity index (χ3v) is 6.22. The first-order chi connectivity index (χ1) is 18.7. The highest BCUT2D eigenvalue weighted by molar-refractivity contribution is 8.26. The number of carbonyl (C=O) groups excluding carboxylic acids is 1. The second-order valence-corrected chi connectivity index (χ2v) is 9.59. The lowest BCUT2D eigenvalue weighted by molar-refractivity contribution is 0.100. The Morgan fingerprint density at radius 2 is 2.10 bits per heavy atom. The van der Waals surface area contributed by atoms with Gasteiger partial charge in [0.05, 0.1) is 13.3 Å². The molecule has 5 N–H and O–H groups in total. The monoisotopic (exact) mass is 553 g/mol. The Balaban J connectivity index is 2.05. The van der Waals surface area contributed by atoms with Gasteiger partial charge in [-0.25, -0.2) is 8.78 Å². The summed E-state index contributed by atoms with van der Waals surface area (Å²) in [4.78, 5) is 26.8. The van der Waals surface area contributed by atoms with E-state index in [9.17, 15) is 13.6 Å². The zero-order valence-electron chi connectivity index (χ0n) is 21.7. The third-order valence-electron chi connectivity index (χ3n) is 5.61. The Morgan fingerprint density at radius 1 is 1.36 bits per heavy atom. The van der Waals surface area contributed by atoms with Crippen molar-refractivity contribution in [1.82, 2.24) is 4.98 Å². The van der Waals surface area contributed by atoms with Gasteiger partial charge in [-0.2, -0.15) is 4.99 Å². The molecule has 0 aliphatic heterocycles. The first kappa shape index (κ1) is 29.3. The number of nitrogens with two attached hydrogens (primary N) is 2. The van der Waals surface area contributed by atoms with E-state index in [1.54, 1.807) is 25.4 Å². The van der Waals surface area contributed by atoms with Crippen molar-refractivity contribution < 1.29 is 18.3 Å². The molecule has 0 atom stereocenters. The lowest BCUT2D eigenvalue weighted by atomic mass is 9.97. The third kappa shape index (κ3) is 8.12. The average molecular weight is 554 g/mol. The number of hydrogen-bond donors (Lipinski definition) is 3. The van der Waals surface area contributed by atoms with Crippen molar-refractivity contribution in [1.29, 1.82) is 5.41 Å². The molecule has 0 unspecified atom stereocenters. The molecule has 1 aliphatic rings. The van der Waals surface area contributed by atoms with Crippen molar-refractivity contribution in [3.8, 4) is 28.7 Å². The molecule has 0 spiro atoms. The molecule has 0 bridgehead atoms. The number of benzene rings is 1. The van der Waals surface area contributed by atoms with Gasteiger partial charge in [-0.05, 0) is 54.8 Å². The molecule has 12 heteroatoms. The van der Waals surface area contributed by atoms with Gasteiger partial charge in [0.25, 0.3) is 12.3 Å². The van der Waals surface area contributed by atoms with Crippen molar-refractivity contribution in [3.63, 3.8) is 0 Å². The molecule has 0 saturated heterocycles. The van der Waals surface area contributed by atoms with Crippen LogP contribution >= 0.6 is 11.8 Å². The normalized spacial score (nSPS) is 13.8. The highest BCUT2D eigenvalue weighted by atomic mass is 32.2. The number of hydrogen-bond acceptors (Lipinski definition) is 8. The summed E-state index contributed by atoms with van der Waals surface area (Å²) in [6.45, 7) is 0.391. The minimum atomic E-state index is -2.84. The largest absolute Gasteiger partial charge is 0.494 e. The van der Waals surface area contributed by atoms with Gasteiger partial charge in [-0.3, -0.25) is 20.2 Å². The van der Waals surface area contributed by atoms with Crippen LogP contribution in [0.3, 0.4) is 0 Å². The Bertz CT molecular complexity index is 1390. The average Bonchev–Trinajstić information content (AvgIpc) is 3.75. The number of anilines is 1. The van der Waals surface area contributed by atoms with Gasteiger partial charge in [-0.1, -0.05) is 5.92 Å². The van der Waals surface area contributed by atoms with E-state index in [-0.39, 0.29) is 32.7 Å². The van der Waals surface area contributed by atoms with E-state index in [4.69, 9.17) is 21.6 Å². The van der Waals surface area contributed by atoms with Crippen LogP contribution in [0.2, 0.25) is 0 Å². The summed E-state index contributed by atoms with van der Waals surface area (Å²) in [5.74, 6) is 5.44. The fourth-order valence-electron chi connectivity index (χ4n) is 3.51. The van der Waals surface area contributed by atoms with Crippen LogP contribution in [0.5, 0.6) is 5.75 Å². The van der Waals surface area contributed by atoms with E-state index < -0.39 is 18.0 Å². The van der Waals surface area contributed by atoms with Crippen molar-refractivity contribution in [3.05, 3.63) is 53.5 Å². The summed E-state index contributed by atoms with van der Waals surface area (Å²) >= 11 is 0.774. The van der Waals surface area contributed by atoms with Crippen LogP contribution in [0.25, 0.3) is 11.1 Å². The molecule has 0 radical (unpaired) electrons. The van der Waals surface area contributed by atoms with Crippen LogP contribution in [0, 0.1) is 23.2 Å². The molecule has 1 heterocycles. The molecular weight excluding hydrogens is 524 g/mol. The number of nitrogens with one attached hydrogen (secondary N) is 1.